The molecule has 132 valence electrons. The van der Waals surface area contributed by atoms with Crippen LogP contribution in [0.1, 0.15) is 20.7 Å². The number of carbonyl (C=O) groups is 2. The molecular formula is C13H11N3O8S. The summed E-state index contributed by atoms with van der Waals surface area (Å²) in [7, 11) is -4.65. The Labute approximate surface area is 139 Å². The molecule has 2 rings (SSSR count). The lowest BCUT2D eigenvalue weighted by molar-refractivity contribution is 0.0695. The fourth-order valence-electron chi connectivity index (χ4n) is 2.27. The van der Waals surface area contributed by atoms with Crippen LogP contribution in [0.15, 0.2) is 27.9 Å². The van der Waals surface area contributed by atoms with Gasteiger partial charge in [-0.3, -0.25) is 9.35 Å². The van der Waals surface area contributed by atoms with Crippen LogP contribution in [0.4, 0.5) is 11.5 Å². The number of nitrogens with two attached hydrogens (primary N) is 2. The van der Waals surface area contributed by atoms with E-state index in [4.69, 9.17) is 16.0 Å². The van der Waals surface area contributed by atoms with Crippen molar-refractivity contribution in [3.05, 3.63) is 39.7 Å². The molecule has 0 bridgehead atoms. The van der Waals surface area contributed by atoms with Crippen molar-refractivity contribution in [2.24, 2.45) is 0 Å². The highest BCUT2D eigenvalue weighted by Crippen LogP contribution is 2.32. The number of rotatable bonds is 4. The lowest BCUT2D eigenvalue weighted by atomic mass is 9.95. The van der Waals surface area contributed by atoms with Crippen LogP contribution in [0.2, 0.25) is 0 Å². The van der Waals surface area contributed by atoms with Crippen LogP contribution in [-0.2, 0) is 10.1 Å². The first-order chi connectivity index (χ1) is 11.4. The molecule has 0 atom stereocenters. The van der Waals surface area contributed by atoms with Crippen LogP contribution in [0.5, 0.6) is 0 Å². The first-order valence-electron chi connectivity index (χ1n) is 6.35. The standard InChI is InChI=1S/C13H11N3O8S/c14-5-3-4(1-2-6(5)25(22,23)24)7-8(12(18)19)10(15)16-11(17)9(7)13(20)21/h1-3H,14H2,(H,18,19)(H,20,21)(H3,15,16,17)(H,22,23,24). The molecule has 0 saturated carbocycles. The van der Waals surface area contributed by atoms with Crippen molar-refractivity contribution in [3.63, 3.8) is 0 Å². The van der Waals surface area contributed by atoms with Crippen molar-refractivity contribution in [1.29, 1.82) is 0 Å². The summed E-state index contributed by atoms with van der Waals surface area (Å²) >= 11 is 0. The zero-order valence-electron chi connectivity index (χ0n) is 12.2. The molecule has 0 saturated heterocycles. The predicted octanol–water partition coefficient (Wildman–Crippen LogP) is -0.151. The monoisotopic (exact) mass is 369 g/mol. The normalized spacial score (nSPS) is 11.2. The smallest absolute Gasteiger partial charge is 0.342 e. The van der Waals surface area contributed by atoms with E-state index in [0.29, 0.717) is 0 Å². The molecule has 0 spiro atoms. The van der Waals surface area contributed by atoms with Crippen molar-refractivity contribution in [2.45, 2.75) is 4.90 Å². The molecule has 0 unspecified atom stereocenters. The van der Waals surface area contributed by atoms with Gasteiger partial charge in [-0.25, -0.2) is 9.59 Å². The second-order valence-corrected chi connectivity index (χ2v) is 6.22. The molecule has 1 heterocycles. The SMILES string of the molecule is Nc1cc(-c2c(C(=O)O)c(N)[nH]c(=O)c2C(=O)O)ccc1S(=O)(=O)O. The van der Waals surface area contributed by atoms with Crippen molar-refractivity contribution in [1.82, 2.24) is 4.98 Å². The second-order valence-electron chi connectivity index (χ2n) is 4.83. The van der Waals surface area contributed by atoms with Gasteiger partial charge in [-0.2, -0.15) is 8.42 Å². The highest BCUT2D eigenvalue weighted by Gasteiger charge is 2.27. The average molecular weight is 369 g/mol. The number of hydrogen-bond acceptors (Lipinski definition) is 7. The van der Waals surface area contributed by atoms with Crippen LogP contribution in [0.25, 0.3) is 11.1 Å². The number of pyridine rings is 1. The maximum atomic E-state index is 11.9. The summed E-state index contributed by atoms with van der Waals surface area (Å²) in [6.07, 6.45) is 0. The van der Waals surface area contributed by atoms with E-state index in [1.54, 1.807) is 0 Å². The van der Waals surface area contributed by atoms with Gasteiger partial charge in [-0.05, 0) is 17.7 Å². The maximum Gasteiger partial charge on any atom is 0.342 e. The summed E-state index contributed by atoms with van der Waals surface area (Å²) in [6, 6.07) is 2.75. The summed E-state index contributed by atoms with van der Waals surface area (Å²) in [4.78, 5) is 36.0. The number of carboxylic acid groups (broad SMARTS) is 2. The summed E-state index contributed by atoms with van der Waals surface area (Å²) in [6.45, 7) is 0. The topological polar surface area (TPSA) is 214 Å². The molecule has 0 aliphatic rings. The minimum Gasteiger partial charge on any atom is -0.478 e. The van der Waals surface area contributed by atoms with Crippen LogP contribution < -0.4 is 17.0 Å². The Kier molecular flexibility index (Phi) is 4.25. The number of carboxylic acids is 2. The number of aromatic nitrogens is 1. The first-order valence-corrected chi connectivity index (χ1v) is 7.79. The third-order valence-corrected chi connectivity index (χ3v) is 4.18. The molecule has 25 heavy (non-hydrogen) atoms. The number of hydrogen-bond donors (Lipinski definition) is 6. The lowest BCUT2D eigenvalue weighted by Crippen LogP contribution is -2.24. The van der Waals surface area contributed by atoms with Gasteiger partial charge in [0.15, 0.2) is 0 Å². The van der Waals surface area contributed by atoms with Gasteiger partial charge in [0.1, 0.15) is 21.8 Å². The highest BCUT2D eigenvalue weighted by molar-refractivity contribution is 7.86. The highest BCUT2D eigenvalue weighted by atomic mass is 32.2. The Morgan fingerprint density at radius 3 is 2.04 bits per heavy atom. The Morgan fingerprint density at radius 2 is 1.60 bits per heavy atom. The van der Waals surface area contributed by atoms with Crippen molar-refractivity contribution >= 4 is 33.6 Å². The molecule has 0 aliphatic carbocycles. The summed E-state index contributed by atoms with van der Waals surface area (Å²) in [5, 5.41) is 18.5. The number of nitrogen functional groups attached to an aromatic ring is 2. The molecule has 1 aromatic heterocycles. The van der Waals surface area contributed by atoms with E-state index in [0.717, 1.165) is 18.2 Å². The van der Waals surface area contributed by atoms with Crippen LogP contribution in [0, 0.1) is 0 Å². The maximum absolute atomic E-state index is 11.9. The van der Waals surface area contributed by atoms with E-state index in [1.807, 2.05) is 4.98 Å². The van der Waals surface area contributed by atoms with E-state index in [-0.39, 0.29) is 5.56 Å². The molecular weight excluding hydrogens is 358 g/mol. The molecule has 2 aromatic rings. The van der Waals surface area contributed by atoms with E-state index >= 15 is 0 Å². The predicted molar refractivity (Wildman–Crippen MR) is 85.1 cm³/mol. The third kappa shape index (κ3) is 3.15. The first kappa shape index (κ1) is 18.0. The average Bonchev–Trinajstić information content (AvgIpc) is 2.43. The molecule has 0 fully saturated rings. The second kappa shape index (κ2) is 5.92. The van der Waals surface area contributed by atoms with Gasteiger partial charge in [0.25, 0.3) is 15.7 Å². The number of aromatic amines is 1. The third-order valence-electron chi connectivity index (χ3n) is 3.25. The summed E-state index contributed by atoms with van der Waals surface area (Å²) in [5.74, 6) is -3.94. The van der Waals surface area contributed by atoms with Crippen molar-refractivity contribution in [2.75, 3.05) is 11.5 Å². The minimum atomic E-state index is -4.65. The van der Waals surface area contributed by atoms with Gasteiger partial charge in [0.2, 0.25) is 0 Å². The van der Waals surface area contributed by atoms with Crippen molar-refractivity contribution < 1.29 is 32.8 Å². The molecule has 0 radical (unpaired) electrons. The molecule has 1 aromatic carbocycles. The molecule has 11 nitrogen and oxygen atoms in total. The molecule has 0 amide bonds. The van der Waals surface area contributed by atoms with Gasteiger partial charge in [0.05, 0.1) is 5.69 Å². The molecule has 8 N–H and O–H groups in total. The zero-order chi connectivity index (χ0) is 19.1. The van der Waals surface area contributed by atoms with Gasteiger partial charge in [0, 0.05) is 5.56 Å². The largest absolute Gasteiger partial charge is 0.478 e. The Bertz CT molecular complexity index is 1070. The van der Waals surface area contributed by atoms with E-state index in [9.17, 15) is 33.0 Å². The van der Waals surface area contributed by atoms with Gasteiger partial charge >= 0.3 is 11.9 Å². The Balaban J connectivity index is 2.96. The Morgan fingerprint density at radius 1 is 1.04 bits per heavy atom. The summed E-state index contributed by atoms with van der Waals surface area (Å²) in [5.41, 5.74) is 7.02. The molecule has 0 aliphatic heterocycles. The van der Waals surface area contributed by atoms with E-state index < -0.39 is 60.7 Å². The van der Waals surface area contributed by atoms with Crippen molar-refractivity contribution in [3.8, 4) is 11.1 Å². The fraction of sp³-hybridized carbons (Fsp3) is 0. The van der Waals surface area contributed by atoms with E-state index in [1.165, 1.54) is 0 Å². The van der Waals surface area contributed by atoms with Crippen LogP contribution in [-0.4, -0.2) is 40.1 Å². The van der Waals surface area contributed by atoms with Gasteiger partial charge < -0.3 is 26.7 Å². The van der Waals surface area contributed by atoms with Gasteiger partial charge in [-0.15, -0.1) is 0 Å². The van der Waals surface area contributed by atoms with E-state index in [2.05, 4.69) is 0 Å². The summed E-state index contributed by atoms with van der Waals surface area (Å²) < 4.78 is 31.4. The number of nitrogens with one attached hydrogen (secondary N) is 1. The zero-order valence-corrected chi connectivity index (χ0v) is 13.0. The van der Waals surface area contributed by atoms with Gasteiger partial charge in [-0.1, -0.05) is 6.07 Å². The number of anilines is 2. The minimum absolute atomic E-state index is 0.183. The lowest BCUT2D eigenvalue weighted by Gasteiger charge is -2.13. The Hall–Kier alpha value is -3.38. The number of benzene rings is 1. The molecule has 12 heteroatoms. The van der Waals surface area contributed by atoms with Crippen LogP contribution in [0.3, 0.4) is 0 Å². The number of H-pyrrole nitrogens is 1. The quantitative estimate of drug-likeness (QED) is 0.309. The fourth-order valence-corrected chi connectivity index (χ4v) is 2.87. The van der Waals surface area contributed by atoms with Crippen LogP contribution >= 0.6 is 0 Å². The number of aromatic carboxylic acids is 2.